The lowest BCUT2D eigenvalue weighted by Gasteiger charge is -2.60. The molecule has 0 aromatic carbocycles. The second-order valence-corrected chi connectivity index (χ2v) is 8.48. The Morgan fingerprint density at radius 1 is 1.39 bits per heavy atom. The van der Waals surface area contributed by atoms with E-state index in [9.17, 15) is 19.5 Å². The first-order valence-electron chi connectivity index (χ1n) is 9.55. The Kier molecular flexibility index (Phi) is 5.04. The number of allylic oxidation sites excluding steroid dienone is 2. The lowest BCUT2D eigenvalue weighted by molar-refractivity contribution is -0.285. The number of hydrogen-bond acceptors (Lipinski definition) is 7. The summed E-state index contributed by atoms with van der Waals surface area (Å²) >= 11 is 0. The maximum atomic E-state index is 12.6. The highest BCUT2D eigenvalue weighted by Crippen LogP contribution is 2.66. The number of esters is 2. The molecule has 0 radical (unpaired) electrons. The van der Waals surface area contributed by atoms with Crippen molar-refractivity contribution < 1.29 is 33.7 Å². The molecule has 0 aromatic heterocycles. The molecule has 3 aliphatic rings. The van der Waals surface area contributed by atoms with Crippen molar-refractivity contribution in [1.82, 2.24) is 0 Å². The van der Waals surface area contributed by atoms with Gasteiger partial charge in [-0.2, -0.15) is 0 Å². The fourth-order valence-electron chi connectivity index (χ4n) is 5.13. The van der Waals surface area contributed by atoms with Gasteiger partial charge in [-0.15, -0.1) is 0 Å². The van der Waals surface area contributed by atoms with Gasteiger partial charge in [0, 0.05) is 36.7 Å². The molecule has 0 spiro atoms. The molecule has 1 aliphatic heterocycles. The Bertz CT molecular complexity index is 769. The van der Waals surface area contributed by atoms with Crippen molar-refractivity contribution >= 4 is 17.7 Å². The van der Waals surface area contributed by atoms with Crippen molar-refractivity contribution in [1.29, 1.82) is 0 Å². The summed E-state index contributed by atoms with van der Waals surface area (Å²) in [4.78, 5) is 36.2. The highest BCUT2D eigenvalue weighted by Gasteiger charge is 2.76. The van der Waals surface area contributed by atoms with Crippen LogP contribution in [0.3, 0.4) is 0 Å². The monoisotopic (exact) mass is 392 g/mol. The van der Waals surface area contributed by atoms with E-state index in [-0.39, 0.29) is 25.2 Å². The predicted molar refractivity (Wildman–Crippen MR) is 99.1 cm³/mol. The van der Waals surface area contributed by atoms with Crippen LogP contribution >= 0.6 is 0 Å². The molecule has 2 fully saturated rings. The van der Waals surface area contributed by atoms with E-state index in [1.807, 2.05) is 6.92 Å². The molecule has 1 saturated heterocycles. The third-order valence-corrected chi connectivity index (χ3v) is 7.05. The summed E-state index contributed by atoms with van der Waals surface area (Å²) in [5.41, 5.74) is -2.87. The summed E-state index contributed by atoms with van der Waals surface area (Å²) in [6.07, 6.45) is 3.27. The van der Waals surface area contributed by atoms with E-state index in [0.717, 1.165) is 0 Å². The van der Waals surface area contributed by atoms with Gasteiger partial charge in [0.2, 0.25) is 0 Å². The van der Waals surface area contributed by atoms with Gasteiger partial charge in [0.1, 0.15) is 18.3 Å². The van der Waals surface area contributed by atoms with Crippen molar-refractivity contribution in [2.24, 2.45) is 10.8 Å². The van der Waals surface area contributed by atoms with Gasteiger partial charge in [-0.1, -0.05) is 19.9 Å². The lowest BCUT2D eigenvalue weighted by atomic mass is 9.50. The van der Waals surface area contributed by atoms with E-state index < -0.39 is 46.7 Å². The maximum absolute atomic E-state index is 12.6. The Morgan fingerprint density at radius 3 is 2.68 bits per heavy atom. The molecular weight excluding hydrogens is 364 g/mol. The average Bonchev–Trinajstić information content (AvgIpc) is 2.75. The van der Waals surface area contributed by atoms with E-state index in [1.165, 1.54) is 13.0 Å². The molecule has 2 bridgehead atoms. The largest absolute Gasteiger partial charge is 0.463 e. The minimum absolute atomic E-state index is 0.0395. The Balaban J connectivity index is 2.09. The summed E-state index contributed by atoms with van der Waals surface area (Å²) in [6, 6.07) is 0. The molecule has 0 unspecified atom stereocenters. The Hall–Kier alpha value is -1.99. The first-order chi connectivity index (χ1) is 13.0. The van der Waals surface area contributed by atoms with E-state index in [2.05, 4.69) is 0 Å². The number of fused-ring (bicyclic) bond motifs is 4. The number of aliphatic hydroxyl groups is 1. The van der Waals surface area contributed by atoms with Crippen LogP contribution in [-0.2, 0) is 28.6 Å². The molecule has 28 heavy (non-hydrogen) atoms. The highest BCUT2D eigenvalue weighted by molar-refractivity contribution is 5.96. The first-order valence-corrected chi connectivity index (χ1v) is 9.55. The van der Waals surface area contributed by atoms with Gasteiger partial charge in [-0.25, -0.2) is 4.79 Å². The van der Waals surface area contributed by atoms with Gasteiger partial charge in [-0.05, 0) is 25.5 Å². The highest BCUT2D eigenvalue weighted by atomic mass is 16.6. The first kappa shape index (κ1) is 20.7. The van der Waals surface area contributed by atoms with Gasteiger partial charge >= 0.3 is 11.9 Å². The Labute approximate surface area is 164 Å². The fraction of sp³-hybridized carbons (Fsp3) is 0.667. The standard InChI is InChI=1S/C21H28O7/c1-6-7-18(24)28-16-9-17-21(25,11-26-13(3)22)20(16,5)19(4)10-14(23)12(2)8-15(19)27-17/h6-8,15-17,25H,9-11H2,1-5H3/b7-6-/t15-,16-,17-,19+,20-,21+/m1/s1. The van der Waals surface area contributed by atoms with Crippen LogP contribution in [0.25, 0.3) is 0 Å². The quantitative estimate of drug-likeness (QED) is 0.576. The normalized spacial score (nSPS) is 42.1. The van der Waals surface area contributed by atoms with E-state index in [0.29, 0.717) is 5.57 Å². The minimum atomic E-state index is -1.59. The van der Waals surface area contributed by atoms with Gasteiger partial charge in [0.25, 0.3) is 0 Å². The lowest BCUT2D eigenvalue weighted by Crippen LogP contribution is -2.70. The Morgan fingerprint density at radius 2 is 2.07 bits per heavy atom. The molecule has 1 heterocycles. The molecule has 7 nitrogen and oxygen atoms in total. The van der Waals surface area contributed by atoms with Crippen LogP contribution in [0.2, 0.25) is 0 Å². The zero-order valence-electron chi connectivity index (χ0n) is 17.0. The van der Waals surface area contributed by atoms with Crippen LogP contribution in [-0.4, -0.2) is 53.3 Å². The second-order valence-electron chi connectivity index (χ2n) is 8.48. The van der Waals surface area contributed by atoms with Crippen LogP contribution in [0.15, 0.2) is 23.8 Å². The molecule has 6 atom stereocenters. The molecule has 0 aromatic rings. The number of carbonyl (C=O) groups excluding carboxylic acids is 3. The summed E-state index contributed by atoms with van der Waals surface area (Å²) in [7, 11) is 0. The summed E-state index contributed by atoms with van der Waals surface area (Å²) in [5.74, 6) is -1.09. The smallest absolute Gasteiger partial charge is 0.330 e. The predicted octanol–water partition coefficient (Wildman–Crippen LogP) is 1.87. The van der Waals surface area contributed by atoms with Gasteiger partial charge in [0.05, 0.1) is 12.2 Å². The summed E-state index contributed by atoms with van der Waals surface area (Å²) in [5, 5.41) is 11.7. The van der Waals surface area contributed by atoms with Gasteiger partial charge in [0.15, 0.2) is 5.78 Å². The van der Waals surface area contributed by atoms with Crippen molar-refractivity contribution in [2.45, 2.75) is 71.4 Å². The number of hydrogen-bond donors (Lipinski definition) is 1. The van der Waals surface area contributed by atoms with E-state index >= 15 is 0 Å². The fourth-order valence-corrected chi connectivity index (χ4v) is 5.13. The summed E-state index contributed by atoms with van der Waals surface area (Å²) in [6.45, 7) is 8.11. The zero-order valence-corrected chi connectivity index (χ0v) is 17.0. The topological polar surface area (TPSA) is 99.1 Å². The second kappa shape index (κ2) is 6.81. The molecular formula is C21H28O7. The van der Waals surface area contributed by atoms with Gasteiger partial charge in [-0.3, -0.25) is 9.59 Å². The van der Waals surface area contributed by atoms with E-state index in [1.54, 1.807) is 32.9 Å². The molecule has 1 saturated carbocycles. The SMILES string of the molecule is C/C=C\C(=O)O[C@@H]1C[C@H]2O[C@@H]3C=C(C)C(=O)C[C@]3(C)[C@]1(C)[C@]2(O)COC(C)=O. The molecule has 2 aliphatic carbocycles. The van der Waals surface area contributed by atoms with Crippen molar-refractivity contribution in [2.75, 3.05) is 6.61 Å². The molecule has 1 N–H and O–H groups in total. The van der Waals surface area contributed by atoms with Crippen LogP contribution < -0.4 is 0 Å². The molecule has 0 amide bonds. The zero-order chi connectivity index (χ0) is 20.9. The average molecular weight is 392 g/mol. The molecule has 3 rings (SSSR count). The van der Waals surface area contributed by atoms with Gasteiger partial charge < -0.3 is 19.3 Å². The molecule has 154 valence electrons. The number of Topliss-reactive ketones (excluding diaryl/α,β-unsaturated/α-hetero) is 1. The van der Waals surface area contributed by atoms with Crippen LogP contribution in [0.5, 0.6) is 0 Å². The number of ketones is 1. The third-order valence-electron chi connectivity index (χ3n) is 7.05. The number of carbonyl (C=O) groups is 3. The van der Waals surface area contributed by atoms with Crippen molar-refractivity contribution in [3.8, 4) is 0 Å². The van der Waals surface area contributed by atoms with Crippen LogP contribution in [0, 0.1) is 10.8 Å². The van der Waals surface area contributed by atoms with E-state index in [4.69, 9.17) is 14.2 Å². The summed E-state index contributed by atoms with van der Waals surface area (Å²) < 4.78 is 17.1. The maximum Gasteiger partial charge on any atom is 0.330 e. The van der Waals surface area contributed by atoms with Crippen LogP contribution in [0.1, 0.15) is 47.5 Å². The minimum Gasteiger partial charge on any atom is -0.463 e. The van der Waals surface area contributed by atoms with Crippen molar-refractivity contribution in [3.05, 3.63) is 23.8 Å². The number of ether oxygens (including phenoxy) is 3. The van der Waals surface area contributed by atoms with Crippen LogP contribution in [0.4, 0.5) is 0 Å². The van der Waals surface area contributed by atoms with Crippen molar-refractivity contribution in [3.63, 3.8) is 0 Å². The number of rotatable bonds is 4. The molecule has 7 heteroatoms. The third kappa shape index (κ3) is 2.75.